The first-order valence-electron chi connectivity index (χ1n) is 8.03. The minimum Gasteiger partial charge on any atom is -0.322 e. The van der Waals surface area contributed by atoms with Gasteiger partial charge in [-0.15, -0.1) is 0 Å². The van der Waals surface area contributed by atoms with E-state index in [-0.39, 0.29) is 0 Å². The van der Waals surface area contributed by atoms with Gasteiger partial charge in [-0.3, -0.25) is 0 Å². The van der Waals surface area contributed by atoms with E-state index in [2.05, 4.69) is 36.7 Å². The van der Waals surface area contributed by atoms with E-state index < -0.39 is 8.53 Å². The van der Waals surface area contributed by atoms with Gasteiger partial charge >= 0.3 is 0 Å². The van der Waals surface area contributed by atoms with Crippen molar-refractivity contribution in [3.63, 3.8) is 0 Å². The zero-order chi connectivity index (χ0) is 16.0. The third-order valence-corrected chi connectivity index (χ3v) is 4.71. The standard InChI is InChI=1S/C17H27N2O2P/c1-3-13-19(14-4-2)22(20-15-8-12-18)21-16-11-17-9-6-5-7-10-17/h5-7,9-10H,3-4,8,11,13-16H2,1-2H3. The van der Waals surface area contributed by atoms with Gasteiger partial charge in [0, 0.05) is 13.1 Å². The van der Waals surface area contributed by atoms with Crippen LogP contribution in [0.25, 0.3) is 0 Å². The van der Waals surface area contributed by atoms with Crippen molar-refractivity contribution in [1.82, 2.24) is 4.67 Å². The summed E-state index contributed by atoms with van der Waals surface area (Å²) >= 11 is 0. The molecule has 0 spiro atoms. The van der Waals surface area contributed by atoms with Gasteiger partial charge in [0.2, 0.25) is 0 Å². The second-order valence-corrected chi connectivity index (χ2v) is 6.56. The van der Waals surface area contributed by atoms with Gasteiger partial charge in [0.05, 0.1) is 25.7 Å². The minimum absolute atomic E-state index is 0.410. The van der Waals surface area contributed by atoms with Crippen LogP contribution < -0.4 is 0 Å². The lowest BCUT2D eigenvalue weighted by Gasteiger charge is -2.28. The second-order valence-electron chi connectivity index (χ2n) is 5.00. The number of nitriles is 1. The molecule has 0 aliphatic heterocycles. The Hall–Kier alpha value is -0.980. The minimum atomic E-state index is -1.06. The fourth-order valence-electron chi connectivity index (χ4n) is 2.05. The molecule has 0 aliphatic rings. The Balaban J connectivity index is 2.50. The van der Waals surface area contributed by atoms with Crippen LogP contribution in [0.5, 0.6) is 0 Å². The second kappa shape index (κ2) is 12.6. The molecule has 0 aromatic heterocycles. The highest BCUT2D eigenvalue weighted by atomic mass is 31.2. The van der Waals surface area contributed by atoms with Crippen molar-refractivity contribution in [2.45, 2.75) is 39.5 Å². The molecule has 1 aromatic rings. The Morgan fingerprint density at radius 2 is 1.68 bits per heavy atom. The van der Waals surface area contributed by atoms with E-state index in [4.69, 9.17) is 14.3 Å². The van der Waals surface area contributed by atoms with Crippen molar-refractivity contribution in [1.29, 1.82) is 5.26 Å². The number of nitrogens with zero attached hydrogens (tertiary/aromatic N) is 2. The average Bonchev–Trinajstić information content (AvgIpc) is 2.54. The quantitative estimate of drug-likeness (QED) is 0.419. The average molecular weight is 322 g/mol. The first-order chi connectivity index (χ1) is 10.8. The maximum atomic E-state index is 8.67. The van der Waals surface area contributed by atoms with Crippen LogP contribution in [0.15, 0.2) is 30.3 Å². The fourth-order valence-corrected chi connectivity index (χ4v) is 3.67. The van der Waals surface area contributed by atoms with E-state index in [1.165, 1.54) is 5.56 Å². The van der Waals surface area contributed by atoms with Crippen LogP contribution in [0.2, 0.25) is 0 Å². The highest BCUT2D eigenvalue weighted by molar-refractivity contribution is 7.44. The molecule has 0 radical (unpaired) electrons. The normalized spacial score (nSPS) is 12.3. The third-order valence-electron chi connectivity index (χ3n) is 3.05. The van der Waals surface area contributed by atoms with Crippen LogP contribution in [-0.4, -0.2) is 31.0 Å². The predicted molar refractivity (Wildman–Crippen MR) is 91.4 cm³/mol. The van der Waals surface area contributed by atoms with Crippen molar-refractivity contribution in [3.8, 4) is 6.07 Å². The molecule has 0 amide bonds. The molecule has 0 saturated heterocycles. The summed E-state index contributed by atoms with van der Waals surface area (Å²) in [7, 11) is -1.06. The van der Waals surface area contributed by atoms with Crippen molar-refractivity contribution in [2.75, 3.05) is 26.3 Å². The molecule has 4 nitrogen and oxygen atoms in total. The Bertz CT molecular complexity index is 416. The van der Waals surface area contributed by atoms with Crippen LogP contribution in [0.3, 0.4) is 0 Å². The largest absolute Gasteiger partial charge is 0.322 e. The number of rotatable bonds is 12. The predicted octanol–water partition coefficient (Wildman–Crippen LogP) is 4.52. The molecule has 0 bridgehead atoms. The molecule has 1 rings (SSSR count). The van der Waals surface area contributed by atoms with Gasteiger partial charge in [0.15, 0.2) is 0 Å². The monoisotopic (exact) mass is 322 g/mol. The van der Waals surface area contributed by atoms with E-state index in [1.54, 1.807) is 0 Å². The van der Waals surface area contributed by atoms with Crippen LogP contribution in [0.1, 0.15) is 38.7 Å². The van der Waals surface area contributed by atoms with Crippen molar-refractivity contribution < 1.29 is 9.05 Å². The summed E-state index contributed by atoms with van der Waals surface area (Å²) in [5.74, 6) is 0. The Morgan fingerprint density at radius 3 is 2.27 bits per heavy atom. The molecule has 0 aliphatic carbocycles. The van der Waals surface area contributed by atoms with Crippen LogP contribution in [0.4, 0.5) is 0 Å². The lowest BCUT2D eigenvalue weighted by atomic mass is 10.2. The smallest absolute Gasteiger partial charge is 0.258 e. The van der Waals surface area contributed by atoms with Gasteiger partial charge in [0.25, 0.3) is 8.53 Å². The molecule has 0 fully saturated rings. The van der Waals surface area contributed by atoms with Crippen molar-refractivity contribution in [2.24, 2.45) is 0 Å². The molecule has 1 atom stereocenters. The van der Waals surface area contributed by atoms with E-state index >= 15 is 0 Å². The molecule has 1 aromatic carbocycles. The zero-order valence-electron chi connectivity index (χ0n) is 13.7. The molecular formula is C17H27N2O2P. The summed E-state index contributed by atoms with van der Waals surface area (Å²) in [6, 6.07) is 12.4. The topological polar surface area (TPSA) is 45.5 Å². The number of benzene rings is 1. The van der Waals surface area contributed by atoms with E-state index in [0.29, 0.717) is 19.6 Å². The van der Waals surface area contributed by atoms with Gasteiger partial charge in [-0.25, -0.2) is 4.67 Å². The lowest BCUT2D eigenvalue weighted by molar-refractivity contribution is 0.207. The summed E-state index contributed by atoms with van der Waals surface area (Å²) in [5, 5.41) is 8.67. The molecule has 122 valence electrons. The van der Waals surface area contributed by atoms with Crippen molar-refractivity contribution >= 4 is 8.53 Å². The Kier molecular flexibility index (Phi) is 10.9. The zero-order valence-corrected chi connectivity index (χ0v) is 14.6. The molecule has 0 N–H and O–H groups in total. The highest BCUT2D eigenvalue weighted by Crippen LogP contribution is 2.43. The fraction of sp³-hybridized carbons (Fsp3) is 0.588. The van der Waals surface area contributed by atoms with E-state index in [1.807, 2.05) is 18.2 Å². The highest BCUT2D eigenvalue weighted by Gasteiger charge is 2.20. The SMILES string of the molecule is CCCN(CCC)P(OCCC#N)OCCc1ccccc1. The van der Waals surface area contributed by atoms with Crippen LogP contribution in [-0.2, 0) is 15.5 Å². The maximum Gasteiger partial charge on any atom is 0.258 e. The number of hydrogen-bond acceptors (Lipinski definition) is 4. The first kappa shape index (κ1) is 19.1. The van der Waals surface area contributed by atoms with Gasteiger partial charge in [-0.05, 0) is 24.8 Å². The van der Waals surface area contributed by atoms with Crippen molar-refractivity contribution in [3.05, 3.63) is 35.9 Å². The van der Waals surface area contributed by atoms with E-state index in [9.17, 15) is 0 Å². The summed E-state index contributed by atoms with van der Waals surface area (Å²) < 4.78 is 14.1. The molecule has 22 heavy (non-hydrogen) atoms. The van der Waals surface area contributed by atoms with Crippen LogP contribution >= 0.6 is 8.53 Å². The summed E-state index contributed by atoms with van der Waals surface area (Å²) in [5.41, 5.74) is 1.27. The Morgan fingerprint density at radius 1 is 1.05 bits per heavy atom. The maximum absolute atomic E-state index is 8.67. The summed E-state index contributed by atoms with van der Waals surface area (Å²) in [6.07, 6.45) is 3.44. The summed E-state index contributed by atoms with van der Waals surface area (Å²) in [6.45, 7) is 7.35. The van der Waals surface area contributed by atoms with Gasteiger partial charge in [-0.2, -0.15) is 5.26 Å². The van der Waals surface area contributed by atoms with Gasteiger partial charge in [-0.1, -0.05) is 44.2 Å². The Labute approximate surface area is 136 Å². The molecule has 1 unspecified atom stereocenters. The van der Waals surface area contributed by atoms with Crippen LogP contribution in [0, 0.1) is 11.3 Å². The van der Waals surface area contributed by atoms with Gasteiger partial charge in [0.1, 0.15) is 0 Å². The molecular weight excluding hydrogens is 295 g/mol. The molecule has 0 heterocycles. The van der Waals surface area contributed by atoms with E-state index in [0.717, 1.165) is 32.4 Å². The number of hydrogen-bond donors (Lipinski definition) is 0. The third kappa shape index (κ3) is 7.87. The van der Waals surface area contributed by atoms with Gasteiger partial charge < -0.3 is 9.05 Å². The summed E-state index contributed by atoms with van der Waals surface area (Å²) in [4.78, 5) is 0. The molecule has 5 heteroatoms. The molecule has 0 saturated carbocycles. The first-order valence-corrected chi connectivity index (χ1v) is 9.16. The lowest BCUT2D eigenvalue weighted by Crippen LogP contribution is -2.22.